The molecule has 1 saturated heterocycles. The van der Waals surface area contributed by atoms with Crippen molar-refractivity contribution in [1.29, 1.82) is 0 Å². The van der Waals surface area contributed by atoms with E-state index >= 15 is 0 Å². The summed E-state index contributed by atoms with van der Waals surface area (Å²) < 4.78 is 10.7. The van der Waals surface area contributed by atoms with Gasteiger partial charge in [0, 0.05) is 45.9 Å². The van der Waals surface area contributed by atoms with Crippen LogP contribution in [0.5, 0.6) is 0 Å². The van der Waals surface area contributed by atoms with Gasteiger partial charge in [-0.05, 0) is 33.6 Å². The van der Waals surface area contributed by atoms with Gasteiger partial charge in [-0.15, -0.1) is 0 Å². The van der Waals surface area contributed by atoms with Gasteiger partial charge in [-0.1, -0.05) is 0 Å². The molecule has 1 unspecified atom stereocenters. The van der Waals surface area contributed by atoms with Crippen LogP contribution in [0, 0.1) is 0 Å². The minimum atomic E-state index is -0.839. The second kappa shape index (κ2) is 12.5. The average Bonchev–Trinajstić information content (AvgIpc) is 2.56. The summed E-state index contributed by atoms with van der Waals surface area (Å²) >= 11 is 0. The topological polar surface area (TPSA) is 78.4 Å². The highest BCUT2D eigenvalue weighted by atomic mass is 16.5. The van der Waals surface area contributed by atoms with E-state index in [0.29, 0.717) is 13.1 Å². The monoisotopic (exact) mass is 344 g/mol. The molecule has 0 aromatic heterocycles. The molecule has 1 fully saturated rings. The number of unbranched alkanes of at least 4 members (excludes halogenated alkanes) is 1. The molecule has 0 saturated carbocycles. The average molecular weight is 345 g/mol. The minimum absolute atomic E-state index is 0.374. The molecule has 0 spiro atoms. The Labute approximate surface area is 146 Å². The predicted octanol–water partition coefficient (Wildman–Crippen LogP) is 0.441. The molecular formula is C17H36N4O3. The van der Waals surface area contributed by atoms with Crippen LogP contribution in [0.2, 0.25) is 0 Å². The molecule has 0 aromatic rings. The molecule has 0 bridgehead atoms. The summed E-state index contributed by atoms with van der Waals surface area (Å²) in [7, 11) is 0. The van der Waals surface area contributed by atoms with Crippen molar-refractivity contribution in [2.75, 3.05) is 65.7 Å². The third-order valence-corrected chi connectivity index (χ3v) is 3.80. The highest BCUT2D eigenvalue weighted by Crippen LogP contribution is 2.09. The number of β-amino-alcohol motifs (C(OH)–C–C–N with tert-alkyl or cyclic N) is 1. The van der Waals surface area contributed by atoms with Crippen LogP contribution in [-0.4, -0.2) is 87.3 Å². The van der Waals surface area contributed by atoms with Gasteiger partial charge < -0.3 is 25.2 Å². The van der Waals surface area contributed by atoms with Gasteiger partial charge in [0.25, 0.3) is 0 Å². The maximum Gasteiger partial charge on any atom is 0.191 e. The first-order chi connectivity index (χ1) is 11.6. The van der Waals surface area contributed by atoms with Gasteiger partial charge in [-0.3, -0.25) is 9.89 Å². The maximum atomic E-state index is 10.6. The van der Waals surface area contributed by atoms with E-state index in [2.05, 4.69) is 20.5 Å². The fourth-order valence-electron chi connectivity index (χ4n) is 2.56. The number of aliphatic imine (C=N–C) groups is 1. The normalized spacial score (nSPS) is 19.1. The molecule has 3 N–H and O–H groups in total. The van der Waals surface area contributed by atoms with E-state index in [9.17, 15) is 5.11 Å². The first-order valence-electron chi connectivity index (χ1n) is 9.20. The van der Waals surface area contributed by atoms with Crippen LogP contribution < -0.4 is 10.6 Å². The summed E-state index contributed by atoms with van der Waals surface area (Å²) in [6.07, 6.45) is 2.07. The molecule has 1 aliphatic heterocycles. The smallest absolute Gasteiger partial charge is 0.191 e. The zero-order chi connectivity index (χ0) is 17.7. The van der Waals surface area contributed by atoms with Crippen LogP contribution in [0.3, 0.4) is 0 Å². The number of hydrogen-bond donors (Lipinski definition) is 3. The largest absolute Gasteiger partial charge is 0.387 e. The van der Waals surface area contributed by atoms with E-state index in [-0.39, 0.29) is 0 Å². The Morgan fingerprint density at radius 2 is 2.00 bits per heavy atom. The summed E-state index contributed by atoms with van der Waals surface area (Å²) in [5.74, 6) is 0.760. The Morgan fingerprint density at radius 1 is 1.25 bits per heavy atom. The Morgan fingerprint density at radius 3 is 2.67 bits per heavy atom. The Kier molecular flexibility index (Phi) is 11.0. The zero-order valence-electron chi connectivity index (χ0n) is 15.6. The number of ether oxygens (including phenoxy) is 2. The van der Waals surface area contributed by atoms with Crippen molar-refractivity contribution >= 4 is 5.96 Å². The number of nitrogens with one attached hydrogen (secondary N) is 2. The van der Waals surface area contributed by atoms with E-state index in [1.54, 1.807) is 0 Å². The molecule has 0 radical (unpaired) electrons. The molecule has 0 aliphatic carbocycles. The van der Waals surface area contributed by atoms with E-state index < -0.39 is 5.60 Å². The van der Waals surface area contributed by atoms with E-state index in [1.165, 1.54) is 0 Å². The van der Waals surface area contributed by atoms with Gasteiger partial charge in [0.15, 0.2) is 5.96 Å². The van der Waals surface area contributed by atoms with Crippen LogP contribution >= 0.6 is 0 Å². The molecule has 0 amide bonds. The molecule has 7 heteroatoms. The highest BCUT2D eigenvalue weighted by molar-refractivity contribution is 5.79. The van der Waals surface area contributed by atoms with E-state index in [1.807, 2.05) is 20.8 Å². The first kappa shape index (κ1) is 21.2. The van der Waals surface area contributed by atoms with Crippen molar-refractivity contribution in [3.8, 4) is 0 Å². The number of rotatable bonds is 11. The standard InChI is InChI=1S/C17H36N4O3/c1-4-18-16(19-8-6-7-11-23-5-2)20-14-17(3,22)15-21-9-12-24-13-10-21/h22H,4-15H2,1-3H3,(H2,18,19,20). The van der Waals surface area contributed by atoms with Gasteiger partial charge in [-0.2, -0.15) is 0 Å². The highest BCUT2D eigenvalue weighted by Gasteiger charge is 2.25. The molecule has 1 rings (SSSR count). The molecule has 142 valence electrons. The third-order valence-electron chi connectivity index (χ3n) is 3.80. The van der Waals surface area contributed by atoms with Crippen molar-refractivity contribution in [3.05, 3.63) is 0 Å². The van der Waals surface area contributed by atoms with Gasteiger partial charge in [-0.25, -0.2) is 0 Å². The fraction of sp³-hybridized carbons (Fsp3) is 0.941. The van der Waals surface area contributed by atoms with Crippen LogP contribution in [-0.2, 0) is 9.47 Å². The van der Waals surface area contributed by atoms with Crippen molar-refractivity contribution in [3.63, 3.8) is 0 Å². The Balaban J connectivity index is 2.33. The van der Waals surface area contributed by atoms with Crippen LogP contribution in [0.15, 0.2) is 4.99 Å². The van der Waals surface area contributed by atoms with Crippen molar-refractivity contribution in [1.82, 2.24) is 15.5 Å². The number of hydrogen-bond acceptors (Lipinski definition) is 5. The molecule has 1 aliphatic rings. The third kappa shape index (κ3) is 10.1. The maximum absolute atomic E-state index is 10.6. The van der Waals surface area contributed by atoms with Crippen molar-refractivity contribution in [2.45, 2.75) is 39.2 Å². The lowest BCUT2D eigenvalue weighted by Crippen LogP contribution is -2.48. The molecule has 0 aromatic carbocycles. The Bertz CT molecular complexity index is 345. The molecule has 7 nitrogen and oxygen atoms in total. The summed E-state index contributed by atoms with van der Waals surface area (Å²) in [6.45, 7) is 13.3. The molecule has 1 heterocycles. The minimum Gasteiger partial charge on any atom is -0.387 e. The van der Waals surface area contributed by atoms with Gasteiger partial charge >= 0.3 is 0 Å². The molecule has 24 heavy (non-hydrogen) atoms. The van der Waals surface area contributed by atoms with E-state index in [4.69, 9.17) is 9.47 Å². The van der Waals surface area contributed by atoms with E-state index in [0.717, 1.165) is 71.4 Å². The van der Waals surface area contributed by atoms with Crippen molar-refractivity contribution in [2.24, 2.45) is 4.99 Å². The lowest BCUT2D eigenvalue weighted by molar-refractivity contribution is -0.0179. The SMILES string of the molecule is CCNC(=NCC(C)(O)CN1CCOCC1)NCCCCOCC. The predicted molar refractivity (Wildman–Crippen MR) is 97.6 cm³/mol. The summed E-state index contributed by atoms with van der Waals surface area (Å²) in [6, 6.07) is 0. The number of morpholine rings is 1. The number of guanidine groups is 1. The number of nitrogens with zero attached hydrogens (tertiary/aromatic N) is 2. The van der Waals surface area contributed by atoms with Crippen molar-refractivity contribution < 1.29 is 14.6 Å². The lowest BCUT2D eigenvalue weighted by atomic mass is 10.1. The molecule has 1 atom stereocenters. The quantitative estimate of drug-likeness (QED) is 0.287. The molecular weight excluding hydrogens is 308 g/mol. The van der Waals surface area contributed by atoms with Crippen LogP contribution in [0.4, 0.5) is 0 Å². The summed E-state index contributed by atoms with van der Waals surface area (Å²) in [5, 5.41) is 17.1. The van der Waals surface area contributed by atoms with Gasteiger partial charge in [0.1, 0.15) is 0 Å². The summed E-state index contributed by atoms with van der Waals surface area (Å²) in [4.78, 5) is 6.77. The lowest BCUT2D eigenvalue weighted by Gasteiger charge is -2.33. The van der Waals surface area contributed by atoms with Gasteiger partial charge in [0.2, 0.25) is 0 Å². The number of aliphatic hydroxyl groups is 1. The Hall–Kier alpha value is -0.890. The second-order valence-electron chi connectivity index (χ2n) is 6.41. The van der Waals surface area contributed by atoms with Crippen LogP contribution in [0.1, 0.15) is 33.6 Å². The first-order valence-corrected chi connectivity index (χ1v) is 9.20. The zero-order valence-corrected chi connectivity index (χ0v) is 15.6. The fourth-order valence-corrected chi connectivity index (χ4v) is 2.56. The second-order valence-corrected chi connectivity index (χ2v) is 6.41. The van der Waals surface area contributed by atoms with Gasteiger partial charge in [0.05, 0.1) is 25.4 Å². The van der Waals surface area contributed by atoms with Crippen LogP contribution in [0.25, 0.3) is 0 Å². The summed E-state index contributed by atoms with van der Waals surface area (Å²) in [5.41, 5.74) is -0.839.